The van der Waals surface area contributed by atoms with Gasteiger partial charge in [-0.05, 0) is 6.92 Å². The van der Waals surface area contributed by atoms with Crippen molar-refractivity contribution in [1.29, 1.82) is 0 Å². The van der Waals surface area contributed by atoms with E-state index in [2.05, 4.69) is 4.74 Å². The van der Waals surface area contributed by atoms with Crippen LogP contribution in [0.3, 0.4) is 0 Å². The first-order valence-corrected chi connectivity index (χ1v) is 2.58. The Hall–Kier alpha value is -0.320. The Morgan fingerprint density at radius 2 is 1.70 bits per heavy atom. The van der Waals surface area contributed by atoms with E-state index >= 15 is 0 Å². The molecular formula is C5H10F4O. The molecule has 0 aromatic rings. The van der Waals surface area contributed by atoms with Crippen LogP contribution in [-0.2, 0) is 4.74 Å². The normalized spacial score (nSPS) is 10.2. The van der Waals surface area contributed by atoms with Gasteiger partial charge in [0.2, 0.25) is 0 Å². The van der Waals surface area contributed by atoms with E-state index in [-0.39, 0.29) is 6.61 Å². The minimum Gasteiger partial charge on any atom is -0.319 e. The zero-order chi connectivity index (χ0) is 8.62. The van der Waals surface area contributed by atoms with Gasteiger partial charge >= 0.3 is 6.11 Å². The van der Waals surface area contributed by atoms with E-state index in [0.29, 0.717) is 7.18 Å². The molecule has 0 spiro atoms. The molecule has 0 radical (unpaired) electrons. The second-order valence-electron chi connectivity index (χ2n) is 1.20. The van der Waals surface area contributed by atoms with Crippen molar-refractivity contribution in [2.45, 2.75) is 13.0 Å². The van der Waals surface area contributed by atoms with Gasteiger partial charge in [0.1, 0.15) is 0 Å². The number of alkyl halides is 4. The predicted octanol–water partition coefficient (Wildman–Crippen LogP) is 2.17. The lowest BCUT2D eigenvalue weighted by Crippen LogP contribution is -2.22. The van der Waals surface area contributed by atoms with Gasteiger partial charge in [-0.2, -0.15) is 8.78 Å². The number of rotatable bonds is 3. The fraction of sp³-hybridized carbons (Fsp3) is 1.00. The monoisotopic (exact) mass is 162 g/mol. The summed E-state index contributed by atoms with van der Waals surface area (Å²) in [7, 11) is 0.500. The van der Waals surface area contributed by atoms with Crippen LogP contribution in [0.1, 0.15) is 6.92 Å². The second-order valence-corrected chi connectivity index (χ2v) is 1.20. The summed E-state index contributed by atoms with van der Waals surface area (Å²) in [6.45, 7) is -0.540. The van der Waals surface area contributed by atoms with E-state index < -0.39 is 12.8 Å². The first-order chi connectivity index (χ1) is 4.62. The Morgan fingerprint density at radius 1 is 1.30 bits per heavy atom. The average Bonchev–Trinajstić information content (AvgIpc) is 1.93. The fourth-order valence-electron chi connectivity index (χ4n) is 0.250. The standard InChI is InChI=1S/C4H7F3O.CH3F/c1-2-8-4(6,7)3-5;1-2/h2-3H2,1H3;1H3. The zero-order valence-electron chi connectivity index (χ0n) is 5.83. The van der Waals surface area contributed by atoms with E-state index in [1.807, 2.05) is 0 Å². The maximum atomic E-state index is 11.6. The molecule has 10 heavy (non-hydrogen) atoms. The van der Waals surface area contributed by atoms with Crippen molar-refractivity contribution in [3.05, 3.63) is 0 Å². The van der Waals surface area contributed by atoms with Crippen molar-refractivity contribution in [3.8, 4) is 0 Å². The van der Waals surface area contributed by atoms with E-state index in [1.54, 1.807) is 0 Å². The zero-order valence-corrected chi connectivity index (χ0v) is 5.83. The number of hydrogen-bond donors (Lipinski definition) is 0. The lowest BCUT2D eigenvalue weighted by Gasteiger charge is -2.09. The molecule has 0 N–H and O–H groups in total. The highest BCUT2D eigenvalue weighted by Gasteiger charge is 2.28. The van der Waals surface area contributed by atoms with Crippen LogP contribution >= 0.6 is 0 Å². The van der Waals surface area contributed by atoms with Crippen molar-refractivity contribution < 1.29 is 22.3 Å². The number of hydrogen-bond acceptors (Lipinski definition) is 1. The van der Waals surface area contributed by atoms with Crippen molar-refractivity contribution in [1.82, 2.24) is 0 Å². The summed E-state index contributed by atoms with van der Waals surface area (Å²) in [4.78, 5) is 0. The Balaban J connectivity index is 0. The molecule has 0 aliphatic rings. The Morgan fingerprint density at radius 3 is 1.80 bits per heavy atom. The molecule has 0 atom stereocenters. The van der Waals surface area contributed by atoms with Gasteiger partial charge in [0.25, 0.3) is 0 Å². The first-order valence-electron chi connectivity index (χ1n) is 2.58. The molecule has 1 nitrogen and oxygen atoms in total. The topological polar surface area (TPSA) is 9.23 Å². The van der Waals surface area contributed by atoms with E-state index in [1.165, 1.54) is 6.92 Å². The van der Waals surface area contributed by atoms with Crippen LogP contribution in [0.15, 0.2) is 0 Å². The summed E-state index contributed by atoms with van der Waals surface area (Å²) in [5.41, 5.74) is 0. The van der Waals surface area contributed by atoms with Crippen molar-refractivity contribution in [2.75, 3.05) is 20.5 Å². The van der Waals surface area contributed by atoms with Crippen LogP contribution in [0.5, 0.6) is 0 Å². The summed E-state index contributed by atoms with van der Waals surface area (Å²) in [6, 6.07) is 0. The highest BCUT2D eigenvalue weighted by Crippen LogP contribution is 2.14. The maximum Gasteiger partial charge on any atom is 0.384 e. The molecule has 0 rings (SSSR count). The molecule has 0 aliphatic carbocycles. The molecule has 5 heteroatoms. The average molecular weight is 162 g/mol. The smallest absolute Gasteiger partial charge is 0.319 e. The van der Waals surface area contributed by atoms with Gasteiger partial charge in [-0.25, -0.2) is 4.39 Å². The number of halogens is 4. The summed E-state index contributed by atoms with van der Waals surface area (Å²) >= 11 is 0. The molecule has 0 aromatic carbocycles. The van der Waals surface area contributed by atoms with Gasteiger partial charge < -0.3 is 4.74 Å². The van der Waals surface area contributed by atoms with E-state index in [0.717, 1.165) is 0 Å². The van der Waals surface area contributed by atoms with Crippen LogP contribution in [0.4, 0.5) is 17.6 Å². The van der Waals surface area contributed by atoms with E-state index in [4.69, 9.17) is 0 Å². The van der Waals surface area contributed by atoms with Crippen molar-refractivity contribution in [3.63, 3.8) is 0 Å². The Labute approximate surface area is 57.0 Å². The van der Waals surface area contributed by atoms with E-state index in [9.17, 15) is 17.6 Å². The Kier molecular flexibility index (Phi) is 8.40. The fourth-order valence-corrected chi connectivity index (χ4v) is 0.250. The van der Waals surface area contributed by atoms with Crippen molar-refractivity contribution in [2.24, 2.45) is 0 Å². The molecule has 0 amide bonds. The molecule has 0 saturated heterocycles. The third-order valence-corrected chi connectivity index (χ3v) is 0.511. The maximum absolute atomic E-state index is 11.6. The van der Waals surface area contributed by atoms with Gasteiger partial charge in [0.15, 0.2) is 6.67 Å². The molecule has 0 heterocycles. The largest absolute Gasteiger partial charge is 0.384 e. The summed E-state index contributed by atoms with van der Waals surface area (Å²) in [6.07, 6.45) is -3.57. The molecule has 64 valence electrons. The van der Waals surface area contributed by atoms with Crippen LogP contribution in [0, 0.1) is 0 Å². The predicted molar refractivity (Wildman–Crippen MR) is 29.6 cm³/mol. The van der Waals surface area contributed by atoms with Gasteiger partial charge in [0, 0.05) is 0 Å². The molecule has 0 aliphatic heterocycles. The molecule has 0 bridgehead atoms. The van der Waals surface area contributed by atoms with Crippen molar-refractivity contribution >= 4 is 0 Å². The Bertz CT molecular complexity index is 66.7. The summed E-state index contributed by atoms with van der Waals surface area (Å²) in [5, 5.41) is 0. The van der Waals surface area contributed by atoms with Gasteiger partial charge in [-0.15, -0.1) is 0 Å². The van der Waals surface area contributed by atoms with Gasteiger partial charge in [-0.1, -0.05) is 0 Å². The highest BCUT2D eigenvalue weighted by atomic mass is 19.3. The van der Waals surface area contributed by atoms with Crippen LogP contribution in [0.2, 0.25) is 0 Å². The second kappa shape index (κ2) is 6.80. The summed E-state index contributed by atoms with van der Waals surface area (Å²) < 4.78 is 47.4. The molecular weight excluding hydrogens is 152 g/mol. The number of ether oxygens (including phenoxy) is 1. The third-order valence-electron chi connectivity index (χ3n) is 0.511. The van der Waals surface area contributed by atoms with Crippen LogP contribution < -0.4 is 0 Å². The van der Waals surface area contributed by atoms with Gasteiger partial charge in [0.05, 0.1) is 13.8 Å². The van der Waals surface area contributed by atoms with Gasteiger partial charge in [-0.3, -0.25) is 4.39 Å². The molecule has 0 saturated carbocycles. The SMILES string of the molecule is CCOC(F)(F)CF.CF. The van der Waals surface area contributed by atoms with Crippen LogP contribution in [0.25, 0.3) is 0 Å². The lowest BCUT2D eigenvalue weighted by molar-refractivity contribution is -0.243. The third kappa shape index (κ3) is 7.68. The molecule has 0 unspecified atom stereocenters. The minimum absolute atomic E-state index is 0.170. The molecule has 0 fully saturated rings. The minimum atomic E-state index is -3.57. The molecule has 0 aromatic heterocycles. The quantitative estimate of drug-likeness (QED) is 0.578. The van der Waals surface area contributed by atoms with Crippen LogP contribution in [-0.4, -0.2) is 26.6 Å². The first kappa shape index (κ1) is 12.4. The highest BCUT2D eigenvalue weighted by molar-refractivity contribution is 4.45. The lowest BCUT2D eigenvalue weighted by atomic mass is 10.7. The summed E-state index contributed by atoms with van der Waals surface area (Å²) in [5.74, 6) is 0.